The van der Waals surface area contributed by atoms with Gasteiger partial charge in [-0.25, -0.2) is 9.78 Å². The second-order valence-electron chi connectivity index (χ2n) is 3.86. The molecule has 0 radical (unpaired) electrons. The number of imidazole rings is 1. The van der Waals surface area contributed by atoms with E-state index in [1.165, 1.54) is 6.07 Å². The molecule has 0 aliphatic rings. The molecule has 0 bridgehead atoms. The zero-order chi connectivity index (χ0) is 13.2. The van der Waals surface area contributed by atoms with Gasteiger partial charge in [-0.05, 0) is 0 Å². The summed E-state index contributed by atoms with van der Waals surface area (Å²) in [4.78, 5) is 18.0. The number of carbonyl (C=O) groups is 1. The lowest BCUT2D eigenvalue weighted by atomic mass is 10.0. The van der Waals surface area contributed by atoms with Crippen LogP contribution in [-0.2, 0) is 0 Å². The molecule has 2 heterocycles. The van der Waals surface area contributed by atoms with Crippen molar-refractivity contribution in [3.63, 3.8) is 0 Å². The van der Waals surface area contributed by atoms with Gasteiger partial charge in [0, 0.05) is 29.6 Å². The van der Waals surface area contributed by atoms with Gasteiger partial charge in [0.15, 0.2) is 0 Å². The normalized spacial score (nSPS) is 10.5. The number of aromatic amines is 1. The summed E-state index contributed by atoms with van der Waals surface area (Å²) in [6.07, 6.45) is 3.37. The highest BCUT2D eigenvalue weighted by Crippen LogP contribution is 2.29. The minimum atomic E-state index is -1.14. The Morgan fingerprint density at radius 1 is 1.26 bits per heavy atom. The maximum atomic E-state index is 10.8. The van der Waals surface area contributed by atoms with Gasteiger partial charge in [0.25, 0.3) is 0 Å². The van der Waals surface area contributed by atoms with Crippen molar-refractivity contribution in [1.29, 1.82) is 0 Å². The monoisotopic (exact) mass is 255 g/mol. The Hall–Kier alpha value is -2.89. The van der Waals surface area contributed by atoms with Crippen LogP contribution in [0.25, 0.3) is 22.6 Å². The third kappa shape index (κ3) is 1.99. The van der Waals surface area contributed by atoms with Crippen molar-refractivity contribution >= 4 is 5.97 Å². The topological polar surface area (TPSA) is 92.0 Å². The van der Waals surface area contributed by atoms with Crippen LogP contribution in [-0.4, -0.2) is 26.2 Å². The van der Waals surface area contributed by atoms with E-state index < -0.39 is 5.97 Å². The summed E-state index contributed by atoms with van der Waals surface area (Å²) in [7, 11) is 0. The quantitative estimate of drug-likeness (QED) is 0.749. The van der Waals surface area contributed by atoms with Gasteiger partial charge in [0.05, 0.1) is 0 Å². The van der Waals surface area contributed by atoms with Crippen LogP contribution in [0, 0.1) is 0 Å². The zero-order valence-electron chi connectivity index (χ0n) is 9.70. The second-order valence-corrected chi connectivity index (χ2v) is 3.86. The molecule has 0 aliphatic heterocycles. The molecular formula is C13H9N3O3. The van der Waals surface area contributed by atoms with E-state index in [9.17, 15) is 4.79 Å². The van der Waals surface area contributed by atoms with Crippen molar-refractivity contribution < 1.29 is 14.4 Å². The van der Waals surface area contributed by atoms with Crippen molar-refractivity contribution in [2.24, 2.45) is 0 Å². The molecule has 0 amide bonds. The average molecular weight is 255 g/mol. The predicted molar refractivity (Wildman–Crippen MR) is 66.5 cm³/mol. The molecule has 0 unspecified atom stereocenters. The molecule has 6 nitrogen and oxygen atoms in total. The first-order valence-electron chi connectivity index (χ1n) is 5.55. The summed E-state index contributed by atoms with van der Waals surface area (Å²) >= 11 is 0. The molecule has 6 heteroatoms. The van der Waals surface area contributed by atoms with E-state index in [2.05, 4.69) is 15.1 Å². The number of hydrogen-bond donors (Lipinski definition) is 2. The van der Waals surface area contributed by atoms with Crippen molar-refractivity contribution in [1.82, 2.24) is 15.1 Å². The second kappa shape index (κ2) is 4.41. The number of aromatic carboxylic acids is 1. The fourth-order valence-corrected chi connectivity index (χ4v) is 1.83. The fourth-order valence-electron chi connectivity index (χ4n) is 1.83. The molecule has 94 valence electrons. The van der Waals surface area contributed by atoms with Gasteiger partial charge in [-0.1, -0.05) is 29.4 Å². The molecule has 2 aromatic heterocycles. The van der Waals surface area contributed by atoms with Gasteiger partial charge < -0.3 is 14.6 Å². The van der Waals surface area contributed by atoms with Crippen LogP contribution in [0.2, 0.25) is 0 Å². The van der Waals surface area contributed by atoms with Gasteiger partial charge in [0.2, 0.25) is 5.76 Å². The van der Waals surface area contributed by atoms with Crippen molar-refractivity contribution in [3.8, 4) is 22.6 Å². The third-order valence-electron chi connectivity index (χ3n) is 2.68. The standard InChI is InChI=1S/C13H9N3O3/c17-13(18)11-7-10(16-19-11)8-3-1-2-4-9(8)12-14-5-6-15-12/h1-7H,(H,14,15)(H,17,18). The Balaban J connectivity index is 2.12. The lowest BCUT2D eigenvalue weighted by molar-refractivity contribution is 0.0652. The molecular weight excluding hydrogens is 246 g/mol. The van der Waals surface area contributed by atoms with Crippen LogP contribution >= 0.6 is 0 Å². The van der Waals surface area contributed by atoms with Crippen LogP contribution in [0.3, 0.4) is 0 Å². The number of nitrogens with zero attached hydrogens (tertiary/aromatic N) is 2. The van der Waals surface area contributed by atoms with E-state index in [1.807, 2.05) is 24.3 Å². The Bertz CT molecular complexity index is 716. The molecule has 1 aromatic carbocycles. The molecule has 19 heavy (non-hydrogen) atoms. The molecule has 3 rings (SSSR count). The van der Waals surface area contributed by atoms with Crippen molar-refractivity contribution in [3.05, 3.63) is 48.5 Å². The fraction of sp³-hybridized carbons (Fsp3) is 0. The highest BCUT2D eigenvalue weighted by Gasteiger charge is 2.15. The third-order valence-corrected chi connectivity index (χ3v) is 2.68. The number of benzene rings is 1. The molecule has 0 spiro atoms. The average Bonchev–Trinajstić information content (AvgIpc) is 3.10. The number of nitrogens with one attached hydrogen (secondary N) is 1. The SMILES string of the molecule is O=C(O)c1cc(-c2ccccc2-c2ncc[nH]2)no1. The number of aromatic nitrogens is 3. The zero-order valence-corrected chi connectivity index (χ0v) is 9.70. The van der Waals surface area contributed by atoms with Gasteiger partial charge >= 0.3 is 5.97 Å². The summed E-state index contributed by atoms with van der Waals surface area (Å²) < 4.78 is 4.77. The number of carboxylic acids is 1. The van der Waals surface area contributed by atoms with Crippen molar-refractivity contribution in [2.75, 3.05) is 0 Å². The summed E-state index contributed by atoms with van der Waals surface area (Å²) in [5.41, 5.74) is 2.05. The smallest absolute Gasteiger partial charge is 0.374 e. The molecule has 0 fully saturated rings. The first-order chi connectivity index (χ1) is 9.25. The predicted octanol–water partition coefficient (Wildman–Crippen LogP) is 2.43. The lowest BCUT2D eigenvalue weighted by Crippen LogP contribution is -1.91. The van der Waals surface area contributed by atoms with E-state index in [0.29, 0.717) is 11.5 Å². The highest BCUT2D eigenvalue weighted by molar-refractivity contribution is 5.87. The number of carboxylic acid groups (broad SMARTS) is 1. The first kappa shape index (κ1) is 11.2. The van der Waals surface area contributed by atoms with Crippen LogP contribution in [0.5, 0.6) is 0 Å². The van der Waals surface area contributed by atoms with Crippen LogP contribution in [0.15, 0.2) is 47.2 Å². The molecule has 0 saturated carbocycles. The summed E-state index contributed by atoms with van der Waals surface area (Å²) in [5.74, 6) is -0.644. The lowest BCUT2D eigenvalue weighted by Gasteiger charge is -2.03. The van der Waals surface area contributed by atoms with Crippen LogP contribution < -0.4 is 0 Å². The molecule has 3 aromatic rings. The van der Waals surface area contributed by atoms with E-state index in [4.69, 9.17) is 9.63 Å². The first-order valence-corrected chi connectivity index (χ1v) is 5.55. The largest absolute Gasteiger partial charge is 0.475 e. The van der Waals surface area contributed by atoms with Crippen LogP contribution in [0.4, 0.5) is 0 Å². The molecule has 0 saturated heterocycles. The van der Waals surface area contributed by atoms with Gasteiger partial charge in [-0.3, -0.25) is 0 Å². The summed E-state index contributed by atoms with van der Waals surface area (Å²) in [6.45, 7) is 0. The maximum Gasteiger partial charge on any atom is 0.374 e. The molecule has 0 aliphatic carbocycles. The number of rotatable bonds is 3. The maximum absolute atomic E-state index is 10.8. The Morgan fingerprint density at radius 3 is 2.68 bits per heavy atom. The Kier molecular flexibility index (Phi) is 2.60. The molecule has 2 N–H and O–H groups in total. The van der Waals surface area contributed by atoms with Crippen molar-refractivity contribution in [2.45, 2.75) is 0 Å². The number of hydrogen-bond acceptors (Lipinski definition) is 4. The number of H-pyrrole nitrogens is 1. The minimum Gasteiger partial charge on any atom is -0.475 e. The van der Waals surface area contributed by atoms with Crippen LogP contribution in [0.1, 0.15) is 10.6 Å². The van der Waals surface area contributed by atoms with E-state index in [-0.39, 0.29) is 5.76 Å². The van der Waals surface area contributed by atoms with E-state index in [0.717, 1.165) is 11.1 Å². The van der Waals surface area contributed by atoms with E-state index >= 15 is 0 Å². The summed E-state index contributed by atoms with van der Waals surface area (Å²) in [6, 6.07) is 8.82. The highest BCUT2D eigenvalue weighted by atomic mass is 16.5. The summed E-state index contributed by atoms with van der Waals surface area (Å²) in [5, 5.41) is 12.6. The van der Waals surface area contributed by atoms with Gasteiger partial charge in [-0.15, -0.1) is 0 Å². The van der Waals surface area contributed by atoms with E-state index in [1.54, 1.807) is 12.4 Å². The molecule has 0 atom stereocenters. The Labute approximate surface area is 107 Å². The Morgan fingerprint density at radius 2 is 2.05 bits per heavy atom. The van der Waals surface area contributed by atoms with Gasteiger partial charge in [0.1, 0.15) is 11.5 Å². The minimum absolute atomic E-state index is 0.191. The van der Waals surface area contributed by atoms with Gasteiger partial charge in [-0.2, -0.15) is 0 Å².